The third-order valence-corrected chi connectivity index (χ3v) is 18.9. The van der Waals surface area contributed by atoms with E-state index in [2.05, 4.69) is 73.4 Å². The molecule has 3 saturated heterocycles. The van der Waals surface area contributed by atoms with Gasteiger partial charge in [0.1, 0.15) is 11.4 Å². The smallest absolute Gasteiger partial charge is 0.399 e. The quantitative estimate of drug-likeness (QED) is 0.0840. The fourth-order valence-corrected chi connectivity index (χ4v) is 12.8. The van der Waals surface area contributed by atoms with Crippen LogP contribution >= 0.6 is 15.9 Å². The Morgan fingerprint density at radius 2 is 0.942 bits per heavy atom. The number of anilines is 2. The molecule has 20 heteroatoms. The molecule has 2 aromatic heterocycles. The van der Waals surface area contributed by atoms with Crippen LogP contribution in [0.2, 0.25) is 0 Å². The average Bonchev–Trinajstić information content (AvgIpc) is 1.92. The van der Waals surface area contributed by atoms with Crippen LogP contribution in [0, 0.1) is 23.3 Å². The SMILES string of the molecule is CC1(C)OB(c2ccc3nc(N)nc(C(=O)N4Cc5ccccc5C4)c3c2)OC1(C)C.CC1CCC(C)N1Cc1cc(F)c(F)cc1-c1ccc2nc(N)nc(C(=O)N3Cc4ccccc4C3)c2c1.CC1CCC(C)N1Cc1cc(F)c(F)cc1Br. The first-order valence-corrected chi connectivity index (χ1v) is 30.1. The predicted molar refractivity (Wildman–Crippen MR) is 330 cm³/mol. The number of aromatic nitrogens is 4. The number of carbonyl (C=O) groups excluding carboxylic acids is 2. The Hall–Kier alpha value is -7.36. The molecule has 446 valence electrons. The Kier molecular flexibility index (Phi) is 16.9. The number of fused-ring (bicyclic) bond motifs is 4. The summed E-state index contributed by atoms with van der Waals surface area (Å²) in [5, 5.41) is 1.17. The van der Waals surface area contributed by atoms with Crippen LogP contribution in [0.15, 0.2) is 114 Å². The Morgan fingerprint density at radius 3 is 1.41 bits per heavy atom. The minimum absolute atomic E-state index is 0.0100. The monoisotopic (exact) mass is 1230 g/mol. The van der Waals surface area contributed by atoms with Crippen LogP contribution in [-0.4, -0.2) is 93.8 Å². The van der Waals surface area contributed by atoms with E-state index in [4.69, 9.17) is 20.8 Å². The van der Waals surface area contributed by atoms with Gasteiger partial charge >= 0.3 is 7.12 Å². The zero-order valence-electron chi connectivity index (χ0n) is 49.6. The van der Waals surface area contributed by atoms with E-state index in [0.29, 0.717) is 112 Å². The van der Waals surface area contributed by atoms with Crippen LogP contribution in [0.5, 0.6) is 0 Å². The minimum Gasteiger partial charge on any atom is -0.399 e. The van der Waals surface area contributed by atoms with Gasteiger partial charge in [0.2, 0.25) is 11.9 Å². The lowest BCUT2D eigenvalue weighted by Crippen LogP contribution is -2.41. The lowest BCUT2D eigenvalue weighted by atomic mass is 9.78. The van der Waals surface area contributed by atoms with Crippen LogP contribution in [0.25, 0.3) is 32.9 Å². The number of hydrogen-bond donors (Lipinski definition) is 2. The third kappa shape index (κ3) is 12.2. The van der Waals surface area contributed by atoms with E-state index in [1.165, 1.54) is 37.1 Å². The van der Waals surface area contributed by atoms with Gasteiger partial charge in [0.15, 0.2) is 23.3 Å². The van der Waals surface area contributed by atoms with Gasteiger partial charge < -0.3 is 30.6 Å². The summed E-state index contributed by atoms with van der Waals surface area (Å²) in [6.45, 7) is 20.0. The van der Waals surface area contributed by atoms with Crippen molar-refractivity contribution in [2.75, 3.05) is 11.5 Å². The lowest BCUT2D eigenvalue weighted by molar-refractivity contribution is 0.00578. The molecule has 3 fully saturated rings. The largest absolute Gasteiger partial charge is 0.494 e. The van der Waals surface area contributed by atoms with E-state index in [1.807, 2.05) is 100 Å². The van der Waals surface area contributed by atoms with E-state index < -0.39 is 41.6 Å². The van der Waals surface area contributed by atoms with E-state index >= 15 is 0 Å². The minimum atomic E-state index is -0.911. The molecule has 6 aromatic carbocycles. The molecule has 0 saturated carbocycles. The zero-order chi connectivity index (χ0) is 61.1. The average molecular weight is 1230 g/mol. The number of amides is 2. The maximum Gasteiger partial charge on any atom is 0.494 e. The number of hydrogen-bond acceptors (Lipinski definition) is 12. The molecule has 2 amide bonds. The number of rotatable bonds is 8. The standard InChI is InChI=1S/C30H29F2N5O.C23H25BN4O3.C13H16BrF2N/c1-17-7-8-18(2)37(17)16-22-12-25(31)26(32)13-23(22)19-9-10-27-24(11-19)28(35-30(33)34-27)29(38)36-14-20-5-3-4-6-21(20)15-36;1-22(2)23(3,4)31-24(30-22)16-9-10-18-17(11-16)19(27-21(25)26-18)20(29)28-12-14-7-5-6-8-15(14)13-28;1-8-3-4-9(2)17(8)7-10-5-12(15)13(16)6-11(10)14/h3-6,9-13,17-18H,7-8,14-16H2,1-2H3,(H2,33,34,35);5-11H,12-13H2,1-4H3,(H2,25,26,27);5-6,8-9H,3-4,7H2,1-2H3. The van der Waals surface area contributed by atoms with Crippen LogP contribution in [-0.2, 0) is 48.6 Å². The van der Waals surface area contributed by atoms with Crippen LogP contribution < -0.4 is 16.9 Å². The molecule has 13 rings (SSSR count). The van der Waals surface area contributed by atoms with Crippen molar-refractivity contribution in [3.63, 3.8) is 0 Å². The second-order valence-electron chi connectivity index (χ2n) is 24.5. The second kappa shape index (κ2) is 24.1. The van der Waals surface area contributed by atoms with Crippen LogP contribution in [0.1, 0.15) is 135 Å². The van der Waals surface area contributed by atoms with Gasteiger partial charge in [-0.2, -0.15) is 0 Å². The molecule has 14 nitrogen and oxygen atoms in total. The fourth-order valence-electron chi connectivity index (χ4n) is 12.4. The molecule has 0 radical (unpaired) electrons. The van der Waals surface area contributed by atoms with Crippen molar-refractivity contribution in [1.82, 2.24) is 39.5 Å². The lowest BCUT2D eigenvalue weighted by Gasteiger charge is -2.32. The molecule has 4 atom stereocenters. The van der Waals surface area contributed by atoms with Crippen LogP contribution in [0.4, 0.5) is 29.5 Å². The van der Waals surface area contributed by atoms with Crippen molar-refractivity contribution < 1.29 is 36.5 Å². The number of likely N-dealkylation sites (tertiary alicyclic amines) is 2. The summed E-state index contributed by atoms with van der Waals surface area (Å²) in [6, 6.07) is 33.7. The molecular formula is C66H70BBrF4N10O4. The Morgan fingerprint density at radius 1 is 0.547 bits per heavy atom. The van der Waals surface area contributed by atoms with Gasteiger partial charge in [0.25, 0.3) is 11.8 Å². The van der Waals surface area contributed by atoms with E-state index in [-0.39, 0.29) is 29.4 Å². The highest BCUT2D eigenvalue weighted by Gasteiger charge is 2.52. The highest BCUT2D eigenvalue weighted by Crippen LogP contribution is 2.38. The van der Waals surface area contributed by atoms with E-state index in [0.717, 1.165) is 46.1 Å². The highest BCUT2D eigenvalue weighted by atomic mass is 79.9. The number of carbonyl (C=O) groups is 2. The van der Waals surface area contributed by atoms with Crippen molar-refractivity contribution in [3.05, 3.63) is 182 Å². The van der Waals surface area contributed by atoms with Crippen molar-refractivity contribution >= 4 is 74.0 Å². The maximum atomic E-state index is 14.5. The first-order chi connectivity index (χ1) is 40.9. The predicted octanol–water partition coefficient (Wildman–Crippen LogP) is 12.5. The Bertz CT molecular complexity index is 3860. The van der Waals surface area contributed by atoms with E-state index in [1.54, 1.807) is 21.9 Å². The number of benzene rings is 6. The topological polar surface area (TPSA) is 169 Å². The summed E-state index contributed by atoms with van der Waals surface area (Å²) in [4.78, 5) is 52.6. The summed E-state index contributed by atoms with van der Waals surface area (Å²) < 4.78 is 68.2. The van der Waals surface area contributed by atoms with Crippen molar-refractivity contribution in [2.24, 2.45) is 0 Å². The molecular weight excluding hydrogens is 1160 g/mol. The summed E-state index contributed by atoms with van der Waals surface area (Å²) in [7, 11) is -0.536. The van der Waals surface area contributed by atoms with Gasteiger partial charge in [-0.15, -0.1) is 0 Å². The number of nitrogen functional groups attached to an aromatic ring is 2. The van der Waals surface area contributed by atoms with Gasteiger partial charge in [0.05, 0.1) is 22.2 Å². The molecule has 5 aliphatic heterocycles. The normalized spacial score (nSPS) is 20.5. The summed E-state index contributed by atoms with van der Waals surface area (Å²) in [5.41, 5.74) is 20.7. The van der Waals surface area contributed by atoms with Gasteiger partial charge in [-0.1, -0.05) is 82.7 Å². The molecule has 4 unspecified atom stereocenters. The third-order valence-electron chi connectivity index (χ3n) is 18.2. The molecule has 0 aliphatic carbocycles. The first-order valence-electron chi connectivity index (χ1n) is 29.3. The molecule has 5 aliphatic rings. The second-order valence-corrected chi connectivity index (χ2v) is 25.3. The van der Waals surface area contributed by atoms with Crippen molar-refractivity contribution in [2.45, 2.75) is 156 Å². The van der Waals surface area contributed by atoms with Crippen LogP contribution in [0.3, 0.4) is 0 Å². The van der Waals surface area contributed by atoms with E-state index in [9.17, 15) is 27.2 Å². The number of nitrogens with zero attached hydrogens (tertiary/aromatic N) is 8. The highest BCUT2D eigenvalue weighted by molar-refractivity contribution is 9.10. The first kappa shape index (κ1) is 60.3. The fraction of sp³-hybridized carbons (Fsp3) is 0.364. The maximum absolute atomic E-state index is 14.5. The zero-order valence-corrected chi connectivity index (χ0v) is 51.2. The Labute approximate surface area is 507 Å². The summed E-state index contributed by atoms with van der Waals surface area (Å²) in [6.07, 6.45) is 4.48. The summed E-state index contributed by atoms with van der Waals surface area (Å²) in [5.74, 6) is -3.68. The molecule has 8 aromatic rings. The van der Waals surface area contributed by atoms with Gasteiger partial charge in [-0.05, 0) is 174 Å². The molecule has 7 heterocycles. The summed E-state index contributed by atoms with van der Waals surface area (Å²) >= 11 is 3.30. The molecule has 0 bridgehead atoms. The van der Waals surface area contributed by atoms with Gasteiger partial charge in [-0.25, -0.2) is 37.5 Å². The molecule has 4 N–H and O–H groups in total. The van der Waals surface area contributed by atoms with Crippen molar-refractivity contribution in [1.29, 1.82) is 0 Å². The Balaban J connectivity index is 0.000000143. The number of halogens is 5. The molecule has 0 spiro atoms. The molecule has 86 heavy (non-hydrogen) atoms. The number of nitrogens with two attached hydrogens (primary N) is 2. The van der Waals surface area contributed by atoms with Gasteiger partial charge in [0, 0.05) is 78.7 Å². The van der Waals surface area contributed by atoms with Crippen molar-refractivity contribution in [3.8, 4) is 11.1 Å². The van der Waals surface area contributed by atoms with Gasteiger partial charge in [-0.3, -0.25) is 19.4 Å².